The van der Waals surface area contributed by atoms with E-state index in [4.69, 9.17) is 26.1 Å². The number of hydrogen-bond acceptors (Lipinski definition) is 5. The Labute approximate surface area is 146 Å². The zero-order chi connectivity index (χ0) is 17.2. The molecule has 0 aliphatic heterocycles. The first kappa shape index (κ1) is 18.0. The second kappa shape index (κ2) is 9.69. The SMILES string of the molecule is CCOCCOc1ccc(C(=O)NC(=S)NCc2ccco2)cc1. The number of hydrogen-bond donors (Lipinski definition) is 2. The molecule has 2 N–H and O–H groups in total. The Bertz CT molecular complexity index is 641. The largest absolute Gasteiger partial charge is 0.491 e. The molecular formula is C17H20N2O4S. The predicted molar refractivity (Wildman–Crippen MR) is 94.0 cm³/mol. The summed E-state index contributed by atoms with van der Waals surface area (Å²) in [4.78, 5) is 12.1. The summed E-state index contributed by atoms with van der Waals surface area (Å²) in [6.07, 6.45) is 1.58. The smallest absolute Gasteiger partial charge is 0.257 e. The Morgan fingerprint density at radius 3 is 2.67 bits per heavy atom. The molecule has 1 heterocycles. The van der Waals surface area contributed by atoms with Crippen LogP contribution in [0.1, 0.15) is 23.0 Å². The van der Waals surface area contributed by atoms with Gasteiger partial charge in [0.15, 0.2) is 5.11 Å². The number of furan rings is 1. The lowest BCUT2D eigenvalue weighted by Crippen LogP contribution is -2.38. The van der Waals surface area contributed by atoms with E-state index in [0.29, 0.717) is 37.7 Å². The molecule has 1 aromatic heterocycles. The van der Waals surface area contributed by atoms with Crippen molar-refractivity contribution in [2.45, 2.75) is 13.5 Å². The molecule has 0 fully saturated rings. The van der Waals surface area contributed by atoms with Crippen molar-refractivity contribution >= 4 is 23.2 Å². The van der Waals surface area contributed by atoms with Crippen LogP contribution in [-0.2, 0) is 11.3 Å². The van der Waals surface area contributed by atoms with Crippen LogP contribution in [0.15, 0.2) is 47.1 Å². The van der Waals surface area contributed by atoms with Gasteiger partial charge in [-0.1, -0.05) is 0 Å². The van der Waals surface area contributed by atoms with Crippen molar-refractivity contribution in [3.05, 3.63) is 54.0 Å². The number of ether oxygens (including phenoxy) is 2. The molecule has 2 rings (SSSR count). The van der Waals surface area contributed by atoms with Gasteiger partial charge in [0.2, 0.25) is 0 Å². The molecule has 0 spiro atoms. The van der Waals surface area contributed by atoms with Crippen molar-refractivity contribution in [1.82, 2.24) is 10.6 Å². The van der Waals surface area contributed by atoms with Gasteiger partial charge in [-0.2, -0.15) is 0 Å². The molecule has 7 heteroatoms. The molecule has 0 saturated carbocycles. The van der Waals surface area contributed by atoms with Crippen LogP contribution in [0.25, 0.3) is 0 Å². The molecule has 6 nitrogen and oxygen atoms in total. The Morgan fingerprint density at radius 1 is 1.21 bits per heavy atom. The summed E-state index contributed by atoms with van der Waals surface area (Å²) in [5.74, 6) is 1.14. The van der Waals surface area contributed by atoms with E-state index in [1.54, 1.807) is 36.6 Å². The van der Waals surface area contributed by atoms with E-state index in [1.165, 1.54) is 0 Å². The van der Waals surface area contributed by atoms with E-state index in [0.717, 1.165) is 5.76 Å². The standard InChI is InChI=1S/C17H20N2O4S/c1-2-21-10-11-23-14-7-5-13(6-8-14)16(20)19-17(24)18-12-15-4-3-9-22-15/h3-9H,2,10-12H2,1H3,(H2,18,19,20,24). The van der Waals surface area contributed by atoms with Crippen molar-refractivity contribution in [3.63, 3.8) is 0 Å². The molecule has 128 valence electrons. The second-order valence-electron chi connectivity index (χ2n) is 4.79. The van der Waals surface area contributed by atoms with Gasteiger partial charge >= 0.3 is 0 Å². The molecule has 0 radical (unpaired) electrons. The molecule has 2 aromatic rings. The fourth-order valence-electron chi connectivity index (χ4n) is 1.87. The fourth-order valence-corrected chi connectivity index (χ4v) is 2.03. The van der Waals surface area contributed by atoms with Gasteiger partial charge in [-0.25, -0.2) is 0 Å². The Kier molecular flexibility index (Phi) is 7.25. The van der Waals surface area contributed by atoms with E-state index in [-0.39, 0.29) is 11.0 Å². The molecule has 0 saturated heterocycles. The topological polar surface area (TPSA) is 72.7 Å². The van der Waals surface area contributed by atoms with E-state index < -0.39 is 0 Å². The van der Waals surface area contributed by atoms with Gasteiger partial charge in [0, 0.05) is 12.2 Å². The van der Waals surface area contributed by atoms with Gasteiger partial charge in [-0.15, -0.1) is 0 Å². The summed E-state index contributed by atoms with van der Waals surface area (Å²) in [5, 5.41) is 5.76. The van der Waals surface area contributed by atoms with Crippen molar-refractivity contribution in [2.75, 3.05) is 19.8 Å². The molecule has 0 unspecified atom stereocenters. The van der Waals surface area contributed by atoms with Crippen LogP contribution in [0.3, 0.4) is 0 Å². The third-order valence-electron chi connectivity index (χ3n) is 3.05. The number of thiocarbonyl (C=S) groups is 1. The van der Waals surface area contributed by atoms with Crippen LogP contribution in [-0.4, -0.2) is 30.8 Å². The van der Waals surface area contributed by atoms with E-state index >= 15 is 0 Å². The molecule has 0 atom stereocenters. The van der Waals surface area contributed by atoms with Gasteiger partial charge < -0.3 is 19.2 Å². The lowest BCUT2D eigenvalue weighted by atomic mass is 10.2. The van der Waals surface area contributed by atoms with Crippen LogP contribution in [0.5, 0.6) is 5.75 Å². The fraction of sp³-hybridized carbons (Fsp3) is 0.294. The maximum absolute atomic E-state index is 12.1. The Balaban J connectivity index is 1.76. The third-order valence-corrected chi connectivity index (χ3v) is 3.29. The first-order valence-corrected chi connectivity index (χ1v) is 8.02. The van der Waals surface area contributed by atoms with Crippen molar-refractivity contribution < 1.29 is 18.7 Å². The molecule has 0 bridgehead atoms. The molecule has 24 heavy (non-hydrogen) atoms. The maximum atomic E-state index is 12.1. The lowest BCUT2D eigenvalue weighted by molar-refractivity contribution is 0.0976. The number of nitrogens with one attached hydrogen (secondary N) is 2. The van der Waals surface area contributed by atoms with Gasteiger partial charge in [0.25, 0.3) is 5.91 Å². The summed E-state index contributed by atoms with van der Waals surface area (Å²) in [6.45, 7) is 4.02. The molecule has 0 aliphatic rings. The average Bonchev–Trinajstić information content (AvgIpc) is 3.11. The summed E-state index contributed by atoms with van der Waals surface area (Å²) >= 11 is 5.09. The number of rotatable bonds is 8. The highest BCUT2D eigenvalue weighted by molar-refractivity contribution is 7.80. The molecular weight excluding hydrogens is 328 g/mol. The Morgan fingerprint density at radius 2 is 2.00 bits per heavy atom. The zero-order valence-electron chi connectivity index (χ0n) is 13.4. The monoisotopic (exact) mass is 348 g/mol. The first-order valence-electron chi connectivity index (χ1n) is 7.61. The average molecular weight is 348 g/mol. The normalized spacial score (nSPS) is 10.2. The van der Waals surface area contributed by atoms with Crippen LogP contribution in [0.2, 0.25) is 0 Å². The number of carbonyl (C=O) groups is 1. The molecule has 1 aromatic carbocycles. The zero-order valence-corrected chi connectivity index (χ0v) is 14.2. The summed E-state index contributed by atoms with van der Waals surface area (Å²) in [5.41, 5.74) is 0.495. The van der Waals surface area contributed by atoms with Gasteiger partial charge in [0.1, 0.15) is 18.1 Å². The Hall–Kier alpha value is -2.38. The van der Waals surface area contributed by atoms with Crippen molar-refractivity contribution in [1.29, 1.82) is 0 Å². The molecule has 0 aliphatic carbocycles. The number of benzene rings is 1. The highest BCUT2D eigenvalue weighted by atomic mass is 32.1. The minimum absolute atomic E-state index is 0.244. The van der Waals surface area contributed by atoms with Crippen molar-refractivity contribution in [2.24, 2.45) is 0 Å². The van der Waals surface area contributed by atoms with Crippen LogP contribution in [0, 0.1) is 0 Å². The van der Waals surface area contributed by atoms with E-state index in [9.17, 15) is 4.79 Å². The maximum Gasteiger partial charge on any atom is 0.257 e. The highest BCUT2D eigenvalue weighted by Crippen LogP contribution is 2.12. The van der Waals surface area contributed by atoms with E-state index in [2.05, 4.69) is 10.6 Å². The second-order valence-corrected chi connectivity index (χ2v) is 5.19. The lowest BCUT2D eigenvalue weighted by Gasteiger charge is -2.09. The minimum Gasteiger partial charge on any atom is -0.491 e. The summed E-state index contributed by atoms with van der Waals surface area (Å²) in [7, 11) is 0. The van der Waals surface area contributed by atoms with Gasteiger partial charge in [-0.3, -0.25) is 10.1 Å². The molecule has 1 amide bonds. The summed E-state index contributed by atoms with van der Waals surface area (Å²) < 4.78 is 15.9. The van der Waals surface area contributed by atoms with E-state index in [1.807, 2.05) is 13.0 Å². The van der Waals surface area contributed by atoms with Gasteiger partial charge in [-0.05, 0) is 55.5 Å². The quantitative estimate of drug-likeness (QED) is 0.564. The van der Waals surface area contributed by atoms with Gasteiger partial charge in [0.05, 0.1) is 19.4 Å². The highest BCUT2D eigenvalue weighted by Gasteiger charge is 2.08. The van der Waals surface area contributed by atoms with Crippen LogP contribution < -0.4 is 15.4 Å². The number of carbonyl (C=O) groups excluding carboxylic acids is 1. The minimum atomic E-state index is -0.284. The summed E-state index contributed by atoms with van der Waals surface area (Å²) in [6, 6.07) is 10.4. The third kappa shape index (κ3) is 6.02. The van der Waals surface area contributed by atoms with Crippen molar-refractivity contribution in [3.8, 4) is 5.75 Å². The van der Waals surface area contributed by atoms with Crippen LogP contribution in [0.4, 0.5) is 0 Å². The van der Waals surface area contributed by atoms with Crippen LogP contribution >= 0.6 is 12.2 Å². The number of amides is 1. The predicted octanol–water partition coefficient (Wildman–Crippen LogP) is 2.50. The first-order chi connectivity index (χ1) is 11.7.